The normalized spacial score (nSPS) is 20.0. The molecule has 0 aromatic heterocycles. The Labute approximate surface area is 132 Å². The van der Waals surface area contributed by atoms with E-state index in [0.29, 0.717) is 31.1 Å². The fourth-order valence-corrected chi connectivity index (χ4v) is 3.77. The largest absolute Gasteiger partial charge is 0.374 e. The number of halogens is 1. The van der Waals surface area contributed by atoms with Crippen LogP contribution in [0.3, 0.4) is 0 Å². The van der Waals surface area contributed by atoms with Gasteiger partial charge < -0.3 is 10.5 Å². The van der Waals surface area contributed by atoms with Gasteiger partial charge in [-0.3, -0.25) is 0 Å². The van der Waals surface area contributed by atoms with Crippen molar-refractivity contribution >= 4 is 22.4 Å². The van der Waals surface area contributed by atoms with E-state index < -0.39 is 10.0 Å². The minimum absolute atomic E-state index is 0. The first-order valence-electron chi connectivity index (χ1n) is 6.98. The Morgan fingerprint density at radius 3 is 2.57 bits per heavy atom. The Hall–Kier alpha value is -0.660. The van der Waals surface area contributed by atoms with Crippen molar-refractivity contribution in [2.24, 2.45) is 5.73 Å². The lowest BCUT2D eigenvalue weighted by Crippen LogP contribution is -2.48. The molecule has 1 unspecified atom stereocenters. The van der Waals surface area contributed by atoms with Crippen LogP contribution in [0.2, 0.25) is 0 Å². The summed E-state index contributed by atoms with van der Waals surface area (Å²) in [4.78, 5) is 0.343. The van der Waals surface area contributed by atoms with Crippen LogP contribution in [-0.4, -0.2) is 45.1 Å². The highest BCUT2D eigenvalue weighted by Crippen LogP contribution is 2.19. The summed E-state index contributed by atoms with van der Waals surface area (Å²) in [5.74, 6) is 0. The summed E-state index contributed by atoms with van der Waals surface area (Å²) in [5.41, 5.74) is 6.71. The molecule has 1 atom stereocenters. The standard InChI is InChI=1S/C14H22N2O3S.ClH/c1-2-3-12-4-6-14(7-5-12)20(17,18)16-8-9-19-13(10-15)11-16;/h4-7,13H,2-3,8-11,15H2,1H3;1H. The molecule has 21 heavy (non-hydrogen) atoms. The van der Waals surface area contributed by atoms with E-state index in [9.17, 15) is 8.42 Å². The fourth-order valence-electron chi connectivity index (χ4n) is 2.32. The quantitative estimate of drug-likeness (QED) is 0.883. The van der Waals surface area contributed by atoms with Crippen molar-refractivity contribution in [3.05, 3.63) is 29.8 Å². The molecule has 0 saturated carbocycles. The first-order chi connectivity index (χ1) is 9.57. The van der Waals surface area contributed by atoms with Crippen molar-refractivity contribution in [1.29, 1.82) is 0 Å². The second-order valence-corrected chi connectivity index (χ2v) is 6.92. The predicted molar refractivity (Wildman–Crippen MR) is 85.2 cm³/mol. The number of nitrogens with two attached hydrogens (primary N) is 1. The van der Waals surface area contributed by atoms with E-state index in [-0.39, 0.29) is 18.5 Å². The molecule has 1 aromatic carbocycles. The monoisotopic (exact) mass is 334 g/mol. The Morgan fingerprint density at radius 2 is 2.00 bits per heavy atom. The number of aryl methyl sites for hydroxylation is 1. The number of morpholine rings is 1. The minimum atomic E-state index is -3.44. The summed E-state index contributed by atoms with van der Waals surface area (Å²) in [5, 5.41) is 0. The third-order valence-electron chi connectivity index (χ3n) is 3.46. The molecule has 0 radical (unpaired) electrons. The molecule has 0 aliphatic carbocycles. The molecule has 120 valence electrons. The molecule has 0 amide bonds. The zero-order valence-corrected chi connectivity index (χ0v) is 13.8. The van der Waals surface area contributed by atoms with E-state index in [2.05, 4.69) is 6.92 Å². The summed E-state index contributed by atoms with van der Waals surface area (Å²) >= 11 is 0. The summed E-state index contributed by atoms with van der Waals surface area (Å²) in [7, 11) is -3.44. The van der Waals surface area contributed by atoms with Gasteiger partial charge in [0.15, 0.2) is 0 Å². The zero-order chi connectivity index (χ0) is 14.6. The third-order valence-corrected chi connectivity index (χ3v) is 5.34. The highest BCUT2D eigenvalue weighted by Gasteiger charge is 2.30. The van der Waals surface area contributed by atoms with Gasteiger partial charge in [-0.2, -0.15) is 4.31 Å². The van der Waals surface area contributed by atoms with Gasteiger partial charge in [0.2, 0.25) is 10.0 Å². The number of ether oxygens (including phenoxy) is 1. The SMILES string of the molecule is CCCc1ccc(S(=O)(=O)N2CCOC(CN)C2)cc1.Cl. The van der Waals surface area contributed by atoms with Crippen molar-refractivity contribution in [1.82, 2.24) is 4.31 Å². The Kier molecular flexibility index (Phi) is 7.09. The van der Waals surface area contributed by atoms with Crippen LogP contribution in [0.5, 0.6) is 0 Å². The molecular weight excluding hydrogens is 312 g/mol. The van der Waals surface area contributed by atoms with Crippen LogP contribution in [0.4, 0.5) is 0 Å². The lowest BCUT2D eigenvalue weighted by atomic mass is 10.1. The second kappa shape index (κ2) is 8.10. The smallest absolute Gasteiger partial charge is 0.243 e. The van der Waals surface area contributed by atoms with Gasteiger partial charge >= 0.3 is 0 Å². The second-order valence-electron chi connectivity index (χ2n) is 4.99. The highest BCUT2D eigenvalue weighted by atomic mass is 35.5. The van der Waals surface area contributed by atoms with Crippen LogP contribution in [0.1, 0.15) is 18.9 Å². The summed E-state index contributed by atoms with van der Waals surface area (Å²) in [6.45, 7) is 3.55. The van der Waals surface area contributed by atoms with Crippen molar-refractivity contribution < 1.29 is 13.2 Å². The van der Waals surface area contributed by atoms with Gasteiger partial charge in [0.05, 0.1) is 17.6 Å². The Morgan fingerprint density at radius 1 is 1.33 bits per heavy atom. The minimum Gasteiger partial charge on any atom is -0.374 e. The van der Waals surface area contributed by atoms with Gasteiger partial charge in [0, 0.05) is 19.6 Å². The molecule has 2 N–H and O–H groups in total. The number of sulfonamides is 1. The summed E-state index contributed by atoms with van der Waals surface area (Å²) in [6.07, 6.45) is 1.80. The average Bonchev–Trinajstić information content (AvgIpc) is 2.48. The number of hydrogen-bond acceptors (Lipinski definition) is 4. The van der Waals surface area contributed by atoms with Gasteiger partial charge in [0.25, 0.3) is 0 Å². The van der Waals surface area contributed by atoms with Crippen LogP contribution in [-0.2, 0) is 21.2 Å². The van der Waals surface area contributed by atoms with Crippen LogP contribution in [0.15, 0.2) is 29.2 Å². The maximum Gasteiger partial charge on any atom is 0.243 e. The lowest BCUT2D eigenvalue weighted by Gasteiger charge is -2.31. The molecule has 1 saturated heterocycles. The predicted octanol–water partition coefficient (Wildman–Crippen LogP) is 1.41. The van der Waals surface area contributed by atoms with Gasteiger partial charge in [0.1, 0.15) is 0 Å². The maximum absolute atomic E-state index is 12.5. The number of benzene rings is 1. The van der Waals surface area contributed by atoms with E-state index in [1.807, 2.05) is 12.1 Å². The van der Waals surface area contributed by atoms with Gasteiger partial charge in [-0.1, -0.05) is 25.5 Å². The summed E-state index contributed by atoms with van der Waals surface area (Å²) < 4.78 is 32.0. The van der Waals surface area contributed by atoms with Crippen molar-refractivity contribution in [3.8, 4) is 0 Å². The third kappa shape index (κ3) is 4.40. The number of hydrogen-bond donors (Lipinski definition) is 1. The van der Waals surface area contributed by atoms with Crippen molar-refractivity contribution in [2.75, 3.05) is 26.2 Å². The molecule has 1 aliphatic rings. The molecule has 0 bridgehead atoms. The van der Waals surface area contributed by atoms with Crippen LogP contribution in [0, 0.1) is 0 Å². The molecule has 5 nitrogen and oxygen atoms in total. The molecule has 7 heteroatoms. The summed E-state index contributed by atoms with van der Waals surface area (Å²) in [6, 6.07) is 7.15. The van der Waals surface area contributed by atoms with Crippen molar-refractivity contribution in [2.45, 2.75) is 30.8 Å². The van der Waals surface area contributed by atoms with Gasteiger partial charge in [-0.05, 0) is 24.1 Å². The molecule has 1 fully saturated rings. The molecule has 0 spiro atoms. The zero-order valence-electron chi connectivity index (χ0n) is 12.2. The number of nitrogens with zero attached hydrogens (tertiary/aromatic N) is 1. The van der Waals surface area contributed by atoms with E-state index in [4.69, 9.17) is 10.5 Å². The lowest BCUT2D eigenvalue weighted by molar-refractivity contribution is 0.00450. The molecule has 1 heterocycles. The van der Waals surface area contributed by atoms with Crippen LogP contribution in [0.25, 0.3) is 0 Å². The molecule has 1 aliphatic heterocycles. The molecule has 2 rings (SSSR count). The maximum atomic E-state index is 12.5. The van der Waals surface area contributed by atoms with E-state index >= 15 is 0 Å². The van der Waals surface area contributed by atoms with Crippen LogP contribution >= 0.6 is 12.4 Å². The first-order valence-corrected chi connectivity index (χ1v) is 8.42. The van der Waals surface area contributed by atoms with Gasteiger partial charge in [-0.25, -0.2) is 8.42 Å². The Balaban J connectivity index is 0.00000220. The Bertz CT molecular complexity index is 534. The van der Waals surface area contributed by atoms with Crippen LogP contribution < -0.4 is 5.73 Å². The highest BCUT2D eigenvalue weighted by molar-refractivity contribution is 7.89. The van der Waals surface area contributed by atoms with E-state index in [0.717, 1.165) is 18.4 Å². The van der Waals surface area contributed by atoms with Crippen molar-refractivity contribution in [3.63, 3.8) is 0 Å². The fraction of sp³-hybridized carbons (Fsp3) is 0.571. The van der Waals surface area contributed by atoms with E-state index in [1.165, 1.54) is 4.31 Å². The average molecular weight is 335 g/mol. The molecule has 1 aromatic rings. The van der Waals surface area contributed by atoms with Gasteiger partial charge in [-0.15, -0.1) is 12.4 Å². The first kappa shape index (κ1) is 18.4. The topological polar surface area (TPSA) is 72.6 Å². The number of rotatable bonds is 5. The molecular formula is C14H23ClN2O3S. The van der Waals surface area contributed by atoms with E-state index in [1.54, 1.807) is 12.1 Å².